The van der Waals surface area contributed by atoms with E-state index < -0.39 is 0 Å². The molecule has 15 heavy (non-hydrogen) atoms. The largest absolute Gasteiger partial charge is 0.339 e. The van der Waals surface area contributed by atoms with Gasteiger partial charge in [0.2, 0.25) is 5.91 Å². The van der Waals surface area contributed by atoms with Gasteiger partial charge in [-0.25, -0.2) is 4.79 Å². The summed E-state index contributed by atoms with van der Waals surface area (Å²) in [6, 6.07) is -0.126. The molecule has 3 amide bonds. The summed E-state index contributed by atoms with van der Waals surface area (Å²) in [6.07, 6.45) is 0. The topological polar surface area (TPSA) is 64.7 Å². The molecule has 2 aliphatic rings. The molecule has 0 aromatic carbocycles. The Morgan fingerprint density at radius 3 is 2.53 bits per heavy atom. The zero-order valence-electron chi connectivity index (χ0n) is 8.66. The second kappa shape index (κ2) is 4.48. The molecule has 2 saturated heterocycles. The van der Waals surface area contributed by atoms with Crippen LogP contribution in [0, 0.1) is 0 Å². The number of piperazine rings is 1. The minimum Gasteiger partial charge on any atom is -0.339 e. The summed E-state index contributed by atoms with van der Waals surface area (Å²) in [5.41, 5.74) is 0. The number of nitrogens with zero attached hydrogens (tertiary/aromatic N) is 2. The van der Waals surface area contributed by atoms with Gasteiger partial charge in [-0.3, -0.25) is 4.79 Å². The molecule has 2 fully saturated rings. The van der Waals surface area contributed by atoms with Crippen LogP contribution in [0.4, 0.5) is 4.79 Å². The number of carbonyl (C=O) groups excluding carboxylic acids is 2. The van der Waals surface area contributed by atoms with E-state index in [2.05, 4.69) is 10.6 Å². The third kappa shape index (κ3) is 2.38. The van der Waals surface area contributed by atoms with E-state index in [0.717, 1.165) is 26.2 Å². The van der Waals surface area contributed by atoms with Gasteiger partial charge in [-0.15, -0.1) is 0 Å². The lowest BCUT2D eigenvalue weighted by Crippen LogP contribution is -2.50. The van der Waals surface area contributed by atoms with E-state index in [1.54, 1.807) is 4.90 Å². The van der Waals surface area contributed by atoms with Gasteiger partial charge in [-0.1, -0.05) is 0 Å². The van der Waals surface area contributed by atoms with E-state index in [4.69, 9.17) is 0 Å². The fraction of sp³-hybridized carbons (Fsp3) is 0.778. The van der Waals surface area contributed by atoms with Crippen LogP contribution in [-0.4, -0.2) is 67.6 Å². The molecule has 6 heteroatoms. The number of amides is 3. The smallest absolute Gasteiger partial charge is 0.317 e. The number of carbonyl (C=O) groups is 2. The third-order valence-corrected chi connectivity index (χ3v) is 2.74. The third-order valence-electron chi connectivity index (χ3n) is 2.74. The molecule has 0 unspecified atom stereocenters. The summed E-state index contributed by atoms with van der Waals surface area (Å²) in [5, 5.41) is 5.87. The molecule has 84 valence electrons. The summed E-state index contributed by atoms with van der Waals surface area (Å²) in [4.78, 5) is 26.4. The van der Waals surface area contributed by atoms with E-state index in [1.165, 1.54) is 0 Å². The maximum atomic E-state index is 11.8. The number of urea groups is 1. The van der Waals surface area contributed by atoms with E-state index in [0.29, 0.717) is 13.1 Å². The number of nitrogens with one attached hydrogen (secondary N) is 2. The van der Waals surface area contributed by atoms with Gasteiger partial charge in [0, 0.05) is 39.3 Å². The van der Waals surface area contributed by atoms with Gasteiger partial charge >= 0.3 is 6.03 Å². The van der Waals surface area contributed by atoms with Crippen molar-refractivity contribution in [2.75, 3.05) is 45.8 Å². The summed E-state index contributed by atoms with van der Waals surface area (Å²) in [6.45, 7) is 4.68. The Kier molecular flexibility index (Phi) is 3.05. The Balaban J connectivity index is 1.82. The molecule has 0 bridgehead atoms. The highest BCUT2D eigenvalue weighted by Crippen LogP contribution is 2.00. The van der Waals surface area contributed by atoms with Gasteiger partial charge < -0.3 is 20.4 Å². The highest BCUT2D eigenvalue weighted by atomic mass is 16.2. The molecule has 0 aromatic heterocycles. The van der Waals surface area contributed by atoms with Gasteiger partial charge in [0.25, 0.3) is 0 Å². The molecule has 0 spiro atoms. The Morgan fingerprint density at radius 1 is 1.20 bits per heavy atom. The van der Waals surface area contributed by atoms with Crippen LogP contribution < -0.4 is 10.6 Å². The van der Waals surface area contributed by atoms with E-state index >= 15 is 0 Å². The lowest BCUT2D eigenvalue weighted by Gasteiger charge is -2.28. The Morgan fingerprint density at radius 2 is 1.93 bits per heavy atom. The molecule has 0 radical (unpaired) electrons. The first-order chi connectivity index (χ1) is 7.27. The minimum absolute atomic E-state index is 0.0496. The quantitative estimate of drug-likeness (QED) is 0.582. The molecule has 6 nitrogen and oxygen atoms in total. The Bertz CT molecular complexity index is 263. The summed E-state index contributed by atoms with van der Waals surface area (Å²) in [5.74, 6) is 0.0496. The number of rotatable bonds is 2. The van der Waals surface area contributed by atoms with Gasteiger partial charge in [-0.05, 0) is 0 Å². The van der Waals surface area contributed by atoms with E-state index in [9.17, 15) is 9.59 Å². The summed E-state index contributed by atoms with van der Waals surface area (Å²) < 4.78 is 0. The zero-order valence-corrected chi connectivity index (χ0v) is 8.66. The molecule has 0 aromatic rings. The van der Waals surface area contributed by atoms with Crippen LogP contribution >= 0.6 is 0 Å². The van der Waals surface area contributed by atoms with Crippen LogP contribution in [0.15, 0.2) is 0 Å². The predicted molar refractivity (Wildman–Crippen MR) is 54.4 cm³/mol. The predicted octanol–water partition coefficient (Wildman–Crippen LogP) is -1.56. The molecule has 2 rings (SSSR count). The van der Waals surface area contributed by atoms with Crippen molar-refractivity contribution < 1.29 is 9.59 Å². The standard InChI is InChI=1S/C9H16N4O2/c14-8(12-4-1-10-2-5-12)7-13-6-3-11-9(13)15/h10H,1-7H2,(H,11,15). The molecule has 0 atom stereocenters. The van der Waals surface area contributed by atoms with E-state index in [1.807, 2.05) is 4.90 Å². The number of hydrogen-bond acceptors (Lipinski definition) is 3. The first kappa shape index (κ1) is 10.2. The van der Waals surface area contributed by atoms with Crippen molar-refractivity contribution in [3.05, 3.63) is 0 Å². The normalized spacial score (nSPS) is 21.7. The zero-order chi connectivity index (χ0) is 10.7. The van der Waals surface area contributed by atoms with Crippen LogP contribution in [-0.2, 0) is 4.79 Å². The summed E-state index contributed by atoms with van der Waals surface area (Å²) >= 11 is 0. The SMILES string of the molecule is O=C(CN1CCNC1=O)N1CCNCC1. The Labute approximate surface area is 88.6 Å². The fourth-order valence-electron chi connectivity index (χ4n) is 1.84. The van der Waals surface area contributed by atoms with Crippen LogP contribution in [0.1, 0.15) is 0 Å². The highest BCUT2D eigenvalue weighted by Gasteiger charge is 2.24. The molecule has 2 aliphatic heterocycles. The van der Waals surface area contributed by atoms with Crippen molar-refractivity contribution in [3.63, 3.8) is 0 Å². The van der Waals surface area contributed by atoms with E-state index in [-0.39, 0.29) is 18.5 Å². The maximum absolute atomic E-state index is 11.8. The van der Waals surface area contributed by atoms with Gasteiger partial charge in [-0.2, -0.15) is 0 Å². The van der Waals surface area contributed by atoms with Gasteiger partial charge in [0.15, 0.2) is 0 Å². The van der Waals surface area contributed by atoms with Gasteiger partial charge in [0.1, 0.15) is 6.54 Å². The highest BCUT2D eigenvalue weighted by molar-refractivity contribution is 5.85. The minimum atomic E-state index is -0.126. The monoisotopic (exact) mass is 212 g/mol. The van der Waals surface area contributed by atoms with Crippen molar-refractivity contribution in [1.29, 1.82) is 0 Å². The number of hydrogen-bond donors (Lipinski definition) is 2. The van der Waals surface area contributed by atoms with Crippen LogP contribution in [0.5, 0.6) is 0 Å². The Hall–Kier alpha value is -1.30. The lowest BCUT2D eigenvalue weighted by molar-refractivity contribution is -0.132. The second-order valence-corrected chi connectivity index (χ2v) is 3.78. The molecule has 2 N–H and O–H groups in total. The molecule has 0 saturated carbocycles. The second-order valence-electron chi connectivity index (χ2n) is 3.78. The van der Waals surface area contributed by atoms with Crippen LogP contribution in [0.25, 0.3) is 0 Å². The molecule has 2 heterocycles. The molecular formula is C9H16N4O2. The van der Waals surface area contributed by atoms with Crippen molar-refractivity contribution in [2.24, 2.45) is 0 Å². The average molecular weight is 212 g/mol. The first-order valence-corrected chi connectivity index (χ1v) is 5.28. The van der Waals surface area contributed by atoms with Crippen molar-refractivity contribution in [3.8, 4) is 0 Å². The van der Waals surface area contributed by atoms with Crippen LogP contribution in [0.3, 0.4) is 0 Å². The van der Waals surface area contributed by atoms with Gasteiger partial charge in [0.05, 0.1) is 0 Å². The summed E-state index contributed by atoms with van der Waals surface area (Å²) in [7, 11) is 0. The average Bonchev–Trinajstić information content (AvgIpc) is 2.66. The van der Waals surface area contributed by atoms with Crippen molar-refractivity contribution in [2.45, 2.75) is 0 Å². The van der Waals surface area contributed by atoms with Crippen molar-refractivity contribution >= 4 is 11.9 Å². The molecular weight excluding hydrogens is 196 g/mol. The maximum Gasteiger partial charge on any atom is 0.317 e. The lowest BCUT2D eigenvalue weighted by atomic mass is 10.3. The van der Waals surface area contributed by atoms with Crippen molar-refractivity contribution in [1.82, 2.24) is 20.4 Å². The van der Waals surface area contributed by atoms with Crippen LogP contribution in [0.2, 0.25) is 0 Å². The molecule has 0 aliphatic carbocycles. The first-order valence-electron chi connectivity index (χ1n) is 5.28. The fourth-order valence-corrected chi connectivity index (χ4v) is 1.84.